The minimum absolute atomic E-state index is 0.0415. The third kappa shape index (κ3) is 3.56. The summed E-state index contributed by atoms with van der Waals surface area (Å²) in [5.41, 5.74) is 3.30. The molecule has 0 spiro atoms. The Kier molecular flexibility index (Phi) is 4.71. The third-order valence-electron chi connectivity index (χ3n) is 4.50. The standard InChI is InChI=1S/C19H19N3O4/c1-12-3-4-13(2)17(9-12)21-11-14(10-18(21)23)19(24)20-15-5-7-16(8-6-15)22(25)26/h3-9,14H,10-11H2,1-2H3,(H,20,24). The number of rotatable bonds is 4. The van der Waals surface area contributed by atoms with E-state index in [1.54, 1.807) is 4.90 Å². The van der Waals surface area contributed by atoms with Crippen molar-refractivity contribution in [2.75, 3.05) is 16.8 Å². The number of carbonyl (C=O) groups excluding carboxylic acids is 2. The molecule has 134 valence electrons. The van der Waals surface area contributed by atoms with Gasteiger partial charge in [0.2, 0.25) is 11.8 Å². The van der Waals surface area contributed by atoms with E-state index in [9.17, 15) is 19.7 Å². The van der Waals surface area contributed by atoms with Crippen molar-refractivity contribution < 1.29 is 14.5 Å². The van der Waals surface area contributed by atoms with Gasteiger partial charge in [0.1, 0.15) is 0 Å². The van der Waals surface area contributed by atoms with Gasteiger partial charge >= 0.3 is 0 Å². The third-order valence-corrected chi connectivity index (χ3v) is 4.50. The molecule has 2 amide bonds. The van der Waals surface area contributed by atoms with Gasteiger partial charge in [-0.05, 0) is 43.2 Å². The Balaban J connectivity index is 1.70. The molecule has 1 saturated heterocycles. The van der Waals surface area contributed by atoms with E-state index in [4.69, 9.17) is 0 Å². The van der Waals surface area contributed by atoms with E-state index < -0.39 is 10.8 Å². The topological polar surface area (TPSA) is 92.6 Å². The van der Waals surface area contributed by atoms with Crippen LogP contribution < -0.4 is 10.2 Å². The molecule has 1 unspecified atom stereocenters. The van der Waals surface area contributed by atoms with Crippen molar-refractivity contribution in [3.8, 4) is 0 Å². The van der Waals surface area contributed by atoms with Crippen LogP contribution in [0.15, 0.2) is 42.5 Å². The van der Waals surface area contributed by atoms with Gasteiger partial charge < -0.3 is 10.2 Å². The molecule has 1 N–H and O–H groups in total. The van der Waals surface area contributed by atoms with Gasteiger partial charge in [-0.15, -0.1) is 0 Å². The summed E-state index contributed by atoms with van der Waals surface area (Å²) in [5, 5.41) is 13.4. The van der Waals surface area contributed by atoms with Crippen LogP contribution in [-0.2, 0) is 9.59 Å². The molecular weight excluding hydrogens is 334 g/mol. The second-order valence-corrected chi connectivity index (χ2v) is 6.49. The number of amides is 2. The summed E-state index contributed by atoms with van der Waals surface area (Å²) in [6.45, 7) is 4.22. The molecule has 0 radical (unpaired) electrons. The highest BCUT2D eigenvalue weighted by Gasteiger charge is 2.35. The first-order chi connectivity index (χ1) is 12.3. The minimum Gasteiger partial charge on any atom is -0.326 e. The number of nitro benzene ring substituents is 1. The Labute approximate surface area is 150 Å². The van der Waals surface area contributed by atoms with Crippen LogP contribution in [-0.4, -0.2) is 23.3 Å². The molecule has 1 fully saturated rings. The van der Waals surface area contributed by atoms with Crippen LogP contribution >= 0.6 is 0 Å². The molecule has 0 aromatic heterocycles. The lowest BCUT2D eigenvalue weighted by Crippen LogP contribution is -2.28. The highest BCUT2D eigenvalue weighted by molar-refractivity contribution is 6.03. The number of nitrogens with zero attached hydrogens (tertiary/aromatic N) is 2. The Bertz CT molecular complexity index is 877. The molecular formula is C19H19N3O4. The van der Waals surface area contributed by atoms with E-state index in [0.29, 0.717) is 12.2 Å². The lowest BCUT2D eigenvalue weighted by atomic mass is 10.1. The summed E-state index contributed by atoms with van der Waals surface area (Å²) < 4.78 is 0. The van der Waals surface area contributed by atoms with Gasteiger partial charge in [-0.3, -0.25) is 19.7 Å². The van der Waals surface area contributed by atoms with Crippen molar-refractivity contribution >= 4 is 28.9 Å². The van der Waals surface area contributed by atoms with E-state index in [2.05, 4.69) is 5.32 Å². The SMILES string of the molecule is Cc1ccc(C)c(N2CC(C(=O)Nc3ccc([N+](=O)[O-])cc3)CC2=O)c1. The Hall–Kier alpha value is -3.22. The van der Waals surface area contributed by atoms with Gasteiger partial charge in [0, 0.05) is 36.5 Å². The molecule has 1 atom stereocenters. The summed E-state index contributed by atoms with van der Waals surface area (Å²) >= 11 is 0. The zero-order valence-corrected chi connectivity index (χ0v) is 14.6. The number of hydrogen-bond acceptors (Lipinski definition) is 4. The number of anilines is 2. The molecule has 7 nitrogen and oxygen atoms in total. The normalized spacial score (nSPS) is 16.6. The van der Waals surface area contributed by atoms with Crippen LogP contribution in [0.1, 0.15) is 17.5 Å². The predicted octanol–water partition coefficient (Wildman–Crippen LogP) is 3.20. The fourth-order valence-corrected chi connectivity index (χ4v) is 3.04. The number of nitrogens with one attached hydrogen (secondary N) is 1. The van der Waals surface area contributed by atoms with Crippen LogP contribution in [0.25, 0.3) is 0 Å². The van der Waals surface area contributed by atoms with Crippen LogP contribution in [0.2, 0.25) is 0 Å². The number of benzene rings is 2. The highest BCUT2D eigenvalue weighted by Crippen LogP contribution is 2.29. The number of aryl methyl sites for hydroxylation is 2. The molecule has 1 aliphatic heterocycles. The summed E-state index contributed by atoms with van der Waals surface area (Å²) in [6.07, 6.45) is 0.145. The van der Waals surface area contributed by atoms with Crippen molar-refractivity contribution in [1.29, 1.82) is 0 Å². The van der Waals surface area contributed by atoms with Gasteiger partial charge in [0.05, 0.1) is 10.8 Å². The maximum atomic E-state index is 12.5. The highest BCUT2D eigenvalue weighted by atomic mass is 16.6. The maximum absolute atomic E-state index is 12.5. The molecule has 1 aliphatic rings. The first-order valence-corrected chi connectivity index (χ1v) is 8.28. The largest absolute Gasteiger partial charge is 0.326 e. The second kappa shape index (κ2) is 6.95. The van der Waals surface area contributed by atoms with Crippen molar-refractivity contribution in [3.05, 3.63) is 63.7 Å². The van der Waals surface area contributed by atoms with Crippen LogP contribution in [0.4, 0.5) is 17.1 Å². The van der Waals surface area contributed by atoms with E-state index >= 15 is 0 Å². The number of non-ortho nitro benzene ring substituents is 1. The Morgan fingerprint density at radius 2 is 1.88 bits per heavy atom. The molecule has 7 heteroatoms. The smallest absolute Gasteiger partial charge is 0.269 e. The van der Waals surface area contributed by atoms with Gasteiger partial charge in [0.15, 0.2) is 0 Å². The van der Waals surface area contributed by atoms with Crippen molar-refractivity contribution in [2.45, 2.75) is 20.3 Å². The van der Waals surface area contributed by atoms with Crippen LogP contribution in [0.3, 0.4) is 0 Å². The van der Waals surface area contributed by atoms with Crippen molar-refractivity contribution in [2.24, 2.45) is 5.92 Å². The average molecular weight is 353 g/mol. The van der Waals surface area contributed by atoms with E-state index in [1.165, 1.54) is 24.3 Å². The predicted molar refractivity (Wildman–Crippen MR) is 98.1 cm³/mol. The molecule has 0 aliphatic carbocycles. The van der Waals surface area contributed by atoms with Gasteiger partial charge in [0.25, 0.3) is 5.69 Å². The first-order valence-electron chi connectivity index (χ1n) is 8.28. The van der Waals surface area contributed by atoms with Crippen LogP contribution in [0.5, 0.6) is 0 Å². The summed E-state index contributed by atoms with van der Waals surface area (Å²) in [4.78, 5) is 36.7. The molecule has 1 heterocycles. The van der Waals surface area contributed by atoms with E-state index in [-0.39, 0.29) is 23.9 Å². The summed E-state index contributed by atoms with van der Waals surface area (Å²) in [6, 6.07) is 11.5. The Morgan fingerprint density at radius 1 is 1.19 bits per heavy atom. The minimum atomic E-state index is -0.497. The van der Waals surface area contributed by atoms with Crippen LogP contribution in [0, 0.1) is 29.9 Å². The molecule has 3 rings (SSSR count). The number of nitro groups is 1. The fraction of sp³-hybridized carbons (Fsp3) is 0.263. The summed E-state index contributed by atoms with van der Waals surface area (Å²) in [7, 11) is 0. The second-order valence-electron chi connectivity index (χ2n) is 6.49. The first kappa shape index (κ1) is 17.6. The molecule has 2 aromatic carbocycles. The van der Waals surface area contributed by atoms with Gasteiger partial charge in [-0.25, -0.2) is 0 Å². The maximum Gasteiger partial charge on any atom is 0.269 e. The fourth-order valence-electron chi connectivity index (χ4n) is 3.04. The lowest BCUT2D eigenvalue weighted by Gasteiger charge is -2.19. The summed E-state index contributed by atoms with van der Waals surface area (Å²) in [5.74, 6) is -0.805. The monoisotopic (exact) mass is 353 g/mol. The quantitative estimate of drug-likeness (QED) is 0.675. The van der Waals surface area contributed by atoms with Gasteiger partial charge in [-0.1, -0.05) is 12.1 Å². The zero-order valence-electron chi connectivity index (χ0n) is 14.6. The average Bonchev–Trinajstić information content (AvgIpc) is 2.99. The molecule has 0 saturated carbocycles. The zero-order chi connectivity index (χ0) is 18.8. The van der Waals surface area contributed by atoms with Gasteiger partial charge in [-0.2, -0.15) is 0 Å². The number of hydrogen-bond donors (Lipinski definition) is 1. The Morgan fingerprint density at radius 3 is 2.54 bits per heavy atom. The number of carbonyl (C=O) groups is 2. The van der Waals surface area contributed by atoms with E-state index in [1.807, 2.05) is 32.0 Å². The lowest BCUT2D eigenvalue weighted by molar-refractivity contribution is -0.384. The molecule has 26 heavy (non-hydrogen) atoms. The van der Waals surface area contributed by atoms with E-state index in [0.717, 1.165) is 16.8 Å². The molecule has 2 aromatic rings. The van der Waals surface area contributed by atoms with Crippen molar-refractivity contribution in [1.82, 2.24) is 0 Å². The van der Waals surface area contributed by atoms with Crippen molar-refractivity contribution in [3.63, 3.8) is 0 Å². The molecule has 0 bridgehead atoms.